The Kier molecular flexibility index (Phi) is 7.16. The van der Waals surface area contributed by atoms with Crippen molar-refractivity contribution in [3.63, 3.8) is 0 Å². The van der Waals surface area contributed by atoms with Crippen molar-refractivity contribution in [3.8, 4) is 0 Å². The van der Waals surface area contributed by atoms with Gasteiger partial charge in [0, 0.05) is 20.2 Å². The van der Waals surface area contributed by atoms with Crippen LogP contribution in [0.5, 0.6) is 0 Å². The van der Waals surface area contributed by atoms with Gasteiger partial charge in [-0.2, -0.15) is 13.2 Å². The van der Waals surface area contributed by atoms with Crippen LogP contribution in [-0.4, -0.2) is 49.9 Å². The Morgan fingerprint density at radius 2 is 1.92 bits per heavy atom. The molecule has 0 atom stereocenters. The van der Waals surface area contributed by atoms with Crippen LogP contribution in [0.3, 0.4) is 0 Å². The topological polar surface area (TPSA) is 75.7 Å². The molecule has 0 saturated carbocycles. The van der Waals surface area contributed by atoms with Gasteiger partial charge in [0.05, 0.1) is 12.1 Å². The first-order valence-electron chi connectivity index (χ1n) is 7.08. The molecule has 0 unspecified atom stereocenters. The summed E-state index contributed by atoms with van der Waals surface area (Å²) in [4.78, 5) is 35.4. The van der Waals surface area contributed by atoms with E-state index in [9.17, 15) is 27.6 Å². The smallest absolute Gasteiger partial charge is 0.416 e. The maximum atomic E-state index is 12.6. The number of nitrogens with one attached hydrogen (secondary N) is 1. The predicted molar refractivity (Wildman–Crippen MR) is 83.1 cm³/mol. The lowest BCUT2D eigenvalue weighted by atomic mass is 10.1. The molecule has 0 heterocycles. The molecule has 25 heavy (non-hydrogen) atoms. The van der Waals surface area contributed by atoms with Gasteiger partial charge in [0.25, 0.3) is 5.91 Å². The van der Waals surface area contributed by atoms with Gasteiger partial charge in [-0.25, -0.2) is 4.79 Å². The largest absolute Gasteiger partial charge is 0.452 e. The van der Waals surface area contributed by atoms with E-state index in [1.165, 1.54) is 31.1 Å². The van der Waals surface area contributed by atoms with Crippen molar-refractivity contribution < 1.29 is 32.3 Å². The van der Waals surface area contributed by atoms with E-state index in [0.29, 0.717) is 0 Å². The lowest BCUT2D eigenvalue weighted by Crippen LogP contribution is -2.38. The van der Waals surface area contributed by atoms with Crippen molar-refractivity contribution in [3.05, 3.63) is 41.5 Å². The first-order valence-corrected chi connectivity index (χ1v) is 7.08. The molecular formula is C16H17F3N2O4. The third-order valence-electron chi connectivity index (χ3n) is 2.91. The maximum absolute atomic E-state index is 12.6. The highest BCUT2D eigenvalue weighted by atomic mass is 19.4. The molecule has 0 bridgehead atoms. The van der Waals surface area contributed by atoms with Crippen LogP contribution in [0.1, 0.15) is 11.1 Å². The molecule has 1 aromatic carbocycles. The van der Waals surface area contributed by atoms with Gasteiger partial charge in [0.15, 0.2) is 6.61 Å². The molecule has 136 valence electrons. The number of benzene rings is 1. The summed E-state index contributed by atoms with van der Waals surface area (Å²) >= 11 is 0. The molecule has 2 amide bonds. The lowest BCUT2D eigenvalue weighted by molar-refractivity contribution is -0.144. The zero-order valence-electron chi connectivity index (χ0n) is 13.6. The summed E-state index contributed by atoms with van der Waals surface area (Å²) in [6, 6.07) is 4.39. The van der Waals surface area contributed by atoms with Gasteiger partial charge in [-0.15, -0.1) is 0 Å². The molecule has 1 rings (SSSR count). The van der Waals surface area contributed by atoms with Gasteiger partial charge in [-0.05, 0) is 23.8 Å². The summed E-state index contributed by atoms with van der Waals surface area (Å²) < 4.78 is 42.3. The molecule has 0 aliphatic rings. The number of hydrogen-bond donors (Lipinski definition) is 1. The second-order valence-corrected chi connectivity index (χ2v) is 5.13. The van der Waals surface area contributed by atoms with E-state index < -0.39 is 30.2 Å². The Morgan fingerprint density at radius 3 is 2.52 bits per heavy atom. The fraction of sp³-hybridized carbons (Fsp3) is 0.312. The Balaban J connectivity index is 2.48. The normalized spacial score (nSPS) is 11.2. The van der Waals surface area contributed by atoms with Crippen LogP contribution in [0.2, 0.25) is 0 Å². The summed E-state index contributed by atoms with van der Waals surface area (Å²) in [5.74, 6) is -1.90. The third kappa shape index (κ3) is 7.51. The quantitative estimate of drug-likeness (QED) is 0.617. The SMILES string of the molecule is CN(C)C(=O)CNC(=O)COC(=O)/C=C/c1cccc(C(F)(F)F)c1. The number of nitrogens with zero attached hydrogens (tertiary/aromatic N) is 1. The molecule has 0 aromatic heterocycles. The average Bonchev–Trinajstić information content (AvgIpc) is 2.55. The van der Waals surface area contributed by atoms with Crippen LogP contribution >= 0.6 is 0 Å². The van der Waals surface area contributed by atoms with Crippen LogP contribution in [0.25, 0.3) is 6.08 Å². The number of carbonyl (C=O) groups is 3. The lowest BCUT2D eigenvalue weighted by Gasteiger charge is -2.10. The monoisotopic (exact) mass is 358 g/mol. The van der Waals surface area contributed by atoms with Crippen LogP contribution in [0.15, 0.2) is 30.3 Å². The molecule has 0 spiro atoms. The van der Waals surface area contributed by atoms with Crippen molar-refractivity contribution in [2.75, 3.05) is 27.2 Å². The standard InChI is InChI=1S/C16H17F3N2O4/c1-21(2)14(23)9-20-13(22)10-25-15(24)7-6-11-4-3-5-12(8-11)16(17,18)19/h3-8H,9-10H2,1-2H3,(H,20,22)/b7-6+. The van der Waals surface area contributed by atoms with Crippen LogP contribution in [0.4, 0.5) is 13.2 Å². The Bertz CT molecular complexity index is 670. The molecule has 9 heteroatoms. The van der Waals surface area contributed by atoms with E-state index in [2.05, 4.69) is 10.1 Å². The van der Waals surface area contributed by atoms with Gasteiger partial charge in [-0.1, -0.05) is 12.1 Å². The zero-order valence-corrected chi connectivity index (χ0v) is 13.6. The number of alkyl halides is 3. The van der Waals surface area contributed by atoms with E-state index in [1.807, 2.05) is 0 Å². The number of hydrogen-bond acceptors (Lipinski definition) is 4. The summed E-state index contributed by atoms with van der Waals surface area (Å²) in [5.41, 5.74) is -0.680. The fourth-order valence-corrected chi connectivity index (χ4v) is 1.55. The second-order valence-electron chi connectivity index (χ2n) is 5.13. The molecular weight excluding hydrogens is 341 g/mol. The Labute approximate surface area is 142 Å². The van der Waals surface area contributed by atoms with Crippen molar-refractivity contribution in [2.45, 2.75) is 6.18 Å². The van der Waals surface area contributed by atoms with Crippen molar-refractivity contribution in [1.82, 2.24) is 10.2 Å². The molecule has 0 fully saturated rings. The first-order chi connectivity index (χ1) is 11.6. The van der Waals surface area contributed by atoms with Gasteiger partial charge in [0.2, 0.25) is 5.91 Å². The van der Waals surface area contributed by atoms with Crippen LogP contribution in [0, 0.1) is 0 Å². The highest BCUT2D eigenvalue weighted by molar-refractivity contribution is 5.90. The zero-order chi connectivity index (χ0) is 19.0. The predicted octanol–water partition coefficient (Wildman–Crippen LogP) is 1.47. The number of carbonyl (C=O) groups excluding carboxylic acids is 3. The van der Waals surface area contributed by atoms with E-state index in [4.69, 9.17) is 0 Å². The van der Waals surface area contributed by atoms with Crippen LogP contribution in [-0.2, 0) is 25.3 Å². The highest BCUT2D eigenvalue weighted by Gasteiger charge is 2.30. The molecule has 0 aliphatic heterocycles. The molecule has 0 saturated heterocycles. The van der Waals surface area contributed by atoms with Gasteiger partial charge < -0.3 is 15.0 Å². The summed E-state index contributed by atoms with van der Waals surface area (Å²) in [7, 11) is 3.04. The minimum absolute atomic E-state index is 0.160. The Hall–Kier alpha value is -2.84. The minimum atomic E-state index is -4.48. The number of ether oxygens (including phenoxy) is 1. The fourth-order valence-electron chi connectivity index (χ4n) is 1.55. The van der Waals surface area contributed by atoms with E-state index in [-0.39, 0.29) is 18.0 Å². The number of amides is 2. The molecule has 1 aromatic rings. The van der Waals surface area contributed by atoms with Crippen molar-refractivity contribution in [1.29, 1.82) is 0 Å². The molecule has 6 nitrogen and oxygen atoms in total. The first kappa shape index (κ1) is 20.2. The van der Waals surface area contributed by atoms with E-state index in [0.717, 1.165) is 24.3 Å². The van der Waals surface area contributed by atoms with Crippen LogP contribution < -0.4 is 5.32 Å². The molecule has 0 radical (unpaired) electrons. The number of halogens is 3. The van der Waals surface area contributed by atoms with E-state index in [1.54, 1.807) is 0 Å². The summed E-state index contributed by atoms with van der Waals surface area (Å²) in [5, 5.41) is 2.26. The van der Waals surface area contributed by atoms with Gasteiger partial charge >= 0.3 is 12.1 Å². The summed E-state index contributed by atoms with van der Waals surface area (Å²) in [6.07, 6.45) is -2.43. The van der Waals surface area contributed by atoms with Crippen molar-refractivity contribution in [2.24, 2.45) is 0 Å². The molecule has 1 N–H and O–H groups in total. The highest BCUT2D eigenvalue weighted by Crippen LogP contribution is 2.29. The number of likely N-dealkylation sites (N-methyl/N-ethyl adjacent to an activating group) is 1. The Morgan fingerprint density at radius 1 is 1.24 bits per heavy atom. The number of esters is 1. The van der Waals surface area contributed by atoms with Gasteiger partial charge in [-0.3, -0.25) is 9.59 Å². The molecule has 0 aliphatic carbocycles. The number of rotatable bonds is 6. The van der Waals surface area contributed by atoms with Crippen molar-refractivity contribution >= 4 is 23.9 Å². The average molecular weight is 358 g/mol. The second kappa shape index (κ2) is 8.86. The van der Waals surface area contributed by atoms with E-state index >= 15 is 0 Å². The maximum Gasteiger partial charge on any atom is 0.416 e. The third-order valence-corrected chi connectivity index (χ3v) is 2.91. The minimum Gasteiger partial charge on any atom is -0.452 e. The summed E-state index contributed by atoms with van der Waals surface area (Å²) in [6.45, 7) is -0.837. The van der Waals surface area contributed by atoms with Gasteiger partial charge in [0.1, 0.15) is 0 Å².